The molecular formula is C17H12N2O3. The first-order valence-corrected chi connectivity index (χ1v) is 6.83. The summed E-state index contributed by atoms with van der Waals surface area (Å²) in [7, 11) is 0. The number of carbonyl (C=O) groups is 1. The molecule has 0 saturated carbocycles. The Hall–Kier alpha value is -3.21. The lowest BCUT2D eigenvalue weighted by atomic mass is 10.1. The zero-order valence-corrected chi connectivity index (χ0v) is 11.5. The van der Waals surface area contributed by atoms with Gasteiger partial charge in [-0.25, -0.2) is 11.0 Å². The van der Waals surface area contributed by atoms with Crippen molar-refractivity contribution in [1.82, 2.24) is 11.0 Å². The van der Waals surface area contributed by atoms with Gasteiger partial charge in [-0.15, -0.1) is 0 Å². The minimum absolute atomic E-state index is 0.232. The fourth-order valence-electron chi connectivity index (χ4n) is 2.34. The van der Waals surface area contributed by atoms with Gasteiger partial charge in [0, 0.05) is 11.1 Å². The molecular weight excluding hydrogens is 280 g/mol. The molecule has 22 heavy (non-hydrogen) atoms. The number of hydrogen-bond acceptors (Lipinski definition) is 5. The van der Waals surface area contributed by atoms with Crippen molar-refractivity contribution >= 4 is 17.9 Å². The van der Waals surface area contributed by atoms with Gasteiger partial charge in [0.2, 0.25) is 5.78 Å². The normalized spacial score (nSPS) is 14.7. The Morgan fingerprint density at radius 1 is 0.727 bits per heavy atom. The Balaban J connectivity index is 1.67. The standard InChI is InChI=1S/C17H12N2O3/c20-17(13-9-11-5-1-3-7-15(11)21-18-13)14-10-12-6-2-4-8-16(12)22-19-14/h1-10,18-19H. The Morgan fingerprint density at radius 3 is 1.68 bits per heavy atom. The van der Waals surface area contributed by atoms with Crippen LogP contribution in [0.3, 0.4) is 0 Å². The van der Waals surface area contributed by atoms with Gasteiger partial charge >= 0.3 is 0 Å². The number of ketones is 1. The van der Waals surface area contributed by atoms with Crippen molar-refractivity contribution in [2.75, 3.05) is 0 Å². The highest BCUT2D eigenvalue weighted by Gasteiger charge is 2.23. The van der Waals surface area contributed by atoms with Crippen LogP contribution in [-0.2, 0) is 4.79 Å². The summed E-state index contributed by atoms with van der Waals surface area (Å²) in [6.45, 7) is 0. The summed E-state index contributed by atoms with van der Waals surface area (Å²) < 4.78 is 0. The third-order valence-electron chi connectivity index (χ3n) is 3.47. The van der Waals surface area contributed by atoms with E-state index in [4.69, 9.17) is 9.68 Å². The molecule has 0 bridgehead atoms. The molecule has 0 unspecified atom stereocenters. The van der Waals surface area contributed by atoms with Crippen LogP contribution in [0.2, 0.25) is 0 Å². The Morgan fingerprint density at radius 2 is 1.18 bits per heavy atom. The summed E-state index contributed by atoms with van der Waals surface area (Å²) in [5.74, 6) is 1.14. The highest BCUT2D eigenvalue weighted by atomic mass is 16.7. The molecule has 2 aromatic rings. The molecule has 0 saturated heterocycles. The van der Waals surface area contributed by atoms with Gasteiger partial charge in [-0.2, -0.15) is 0 Å². The van der Waals surface area contributed by atoms with Gasteiger partial charge in [0.05, 0.1) is 0 Å². The first-order chi connectivity index (χ1) is 10.8. The van der Waals surface area contributed by atoms with Crippen LogP contribution in [0.1, 0.15) is 11.1 Å². The number of Topliss-reactive ketones (excluding diaryl/α,β-unsaturated/α-hetero) is 1. The SMILES string of the molecule is O=C(C1=Cc2ccccc2ON1)C1=Cc2ccccc2ON1. The third-order valence-corrected chi connectivity index (χ3v) is 3.47. The zero-order chi connectivity index (χ0) is 14.9. The van der Waals surface area contributed by atoms with Crippen molar-refractivity contribution in [3.8, 4) is 11.5 Å². The molecule has 5 nitrogen and oxygen atoms in total. The Labute approximate surface area is 126 Å². The lowest BCUT2D eigenvalue weighted by Crippen LogP contribution is -2.33. The Kier molecular flexibility index (Phi) is 2.83. The molecule has 0 atom stereocenters. The molecule has 0 aliphatic carbocycles. The highest BCUT2D eigenvalue weighted by molar-refractivity contribution is 6.12. The van der Waals surface area contributed by atoms with Crippen molar-refractivity contribution in [3.05, 3.63) is 71.1 Å². The lowest BCUT2D eigenvalue weighted by molar-refractivity contribution is -0.114. The van der Waals surface area contributed by atoms with Crippen molar-refractivity contribution in [1.29, 1.82) is 0 Å². The summed E-state index contributed by atoms with van der Waals surface area (Å²) in [6.07, 6.45) is 3.51. The highest BCUT2D eigenvalue weighted by Crippen LogP contribution is 2.27. The van der Waals surface area contributed by atoms with E-state index in [1.165, 1.54) is 0 Å². The molecule has 0 spiro atoms. The molecule has 0 fully saturated rings. The van der Waals surface area contributed by atoms with Gasteiger partial charge in [0.1, 0.15) is 11.4 Å². The molecule has 2 heterocycles. The first kappa shape index (κ1) is 12.5. The van der Waals surface area contributed by atoms with Gasteiger partial charge in [0.25, 0.3) is 0 Å². The number of nitrogens with one attached hydrogen (secondary N) is 2. The fraction of sp³-hybridized carbons (Fsp3) is 0. The average molecular weight is 292 g/mol. The predicted octanol–water partition coefficient (Wildman–Crippen LogP) is 2.43. The second-order valence-electron chi connectivity index (χ2n) is 4.93. The third kappa shape index (κ3) is 2.09. The summed E-state index contributed by atoms with van der Waals surface area (Å²) >= 11 is 0. The zero-order valence-electron chi connectivity index (χ0n) is 11.5. The van der Waals surface area contributed by atoms with Gasteiger partial charge in [-0.3, -0.25) is 4.79 Å². The number of para-hydroxylation sites is 2. The number of carbonyl (C=O) groups excluding carboxylic acids is 1. The monoisotopic (exact) mass is 292 g/mol. The number of hydrogen-bond donors (Lipinski definition) is 2. The van der Waals surface area contributed by atoms with E-state index in [9.17, 15) is 4.79 Å². The van der Waals surface area contributed by atoms with E-state index in [1.54, 1.807) is 12.2 Å². The van der Waals surface area contributed by atoms with E-state index in [2.05, 4.69) is 11.0 Å². The number of rotatable bonds is 2. The number of hydroxylamine groups is 2. The van der Waals surface area contributed by atoms with Crippen molar-refractivity contribution < 1.29 is 14.5 Å². The summed E-state index contributed by atoms with van der Waals surface area (Å²) in [5, 5.41) is 0. The van der Waals surface area contributed by atoms with Crippen LogP contribution < -0.4 is 20.6 Å². The van der Waals surface area contributed by atoms with Gasteiger partial charge in [-0.1, -0.05) is 36.4 Å². The van der Waals surface area contributed by atoms with E-state index in [1.807, 2.05) is 48.5 Å². The van der Waals surface area contributed by atoms with Crippen LogP contribution in [0.5, 0.6) is 11.5 Å². The summed E-state index contributed by atoms with van der Waals surface area (Å²) in [6, 6.07) is 15.0. The minimum Gasteiger partial charge on any atom is -0.381 e. The molecule has 0 amide bonds. The maximum atomic E-state index is 12.6. The van der Waals surface area contributed by atoms with Gasteiger partial charge in [-0.05, 0) is 24.3 Å². The fourth-order valence-corrected chi connectivity index (χ4v) is 2.34. The number of benzene rings is 2. The van der Waals surface area contributed by atoms with E-state index in [0.29, 0.717) is 22.9 Å². The van der Waals surface area contributed by atoms with Crippen LogP contribution in [0, 0.1) is 0 Å². The van der Waals surface area contributed by atoms with E-state index in [-0.39, 0.29) is 5.78 Å². The molecule has 0 radical (unpaired) electrons. The van der Waals surface area contributed by atoms with Crippen LogP contribution >= 0.6 is 0 Å². The maximum Gasteiger partial charge on any atom is 0.231 e. The number of fused-ring (bicyclic) bond motifs is 2. The first-order valence-electron chi connectivity index (χ1n) is 6.83. The van der Waals surface area contributed by atoms with Crippen LogP contribution in [0.25, 0.3) is 12.2 Å². The van der Waals surface area contributed by atoms with Crippen molar-refractivity contribution in [3.63, 3.8) is 0 Å². The van der Waals surface area contributed by atoms with Gasteiger partial charge < -0.3 is 9.68 Å². The second-order valence-corrected chi connectivity index (χ2v) is 4.93. The topological polar surface area (TPSA) is 59.6 Å². The van der Waals surface area contributed by atoms with E-state index < -0.39 is 0 Å². The summed E-state index contributed by atoms with van der Waals surface area (Å²) in [5.41, 5.74) is 7.74. The predicted molar refractivity (Wildman–Crippen MR) is 81.4 cm³/mol. The molecule has 108 valence electrons. The summed E-state index contributed by atoms with van der Waals surface area (Å²) in [4.78, 5) is 23.3. The van der Waals surface area contributed by atoms with E-state index >= 15 is 0 Å². The quantitative estimate of drug-likeness (QED) is 0.890. The van der Waals surface area contributed by atoms with E-state index in [0.717, 1.165) is 11.1 Å². The molecule has 2 aliphatic rings. The second kappa shape index (κ2) is 4.96. The lowest BCUT2D eigenvalue weighted by Gasteiger charge is -2.21. The molecule has 2 N–H and O–H groups in total. The minimum atomic E-state index is -0.232. The van der Waals surface area contributed by atoms with Gasteiger partial charge in [0.15, 0.2) is 11.5 Å². The maximum absolute atomic E-state index is 12.6. The Bertz CT molecular complexity index is 757. The van der Waals surface area contributed by atoms with Crippen molar-refractivity contribution in [2.24, 2.45) is 0 Å². The largest absolute Gasteiger partial charge is 0.381 e. The van der Waals surface area contributed by atoms with Crippen LogP contribution in [0.4, 0.5) is 0 Å². The van der Waals surface area contributed by atoms with Crippen LogP contribution in [-0.4, -0.2) is 5.78 Å². The molecule has 5 heteroatoms. The smallest absolute Gasteiger partial charge is 0.231 e. The van der Waals surface area contributed by atoms with Crippen LogP contribution in [0.15, 0.2) is 59.9 Å². The molecule has 4 rings (SSSR count). The average Bonchev–Trinajstić information content (AvgIpc) is 2.60. The molecule has 2 aromatic carbocycles. The van der Waals surface area contributed by atoms with Crippen molar-refractivity contribution in [2.45, 2.75) is 0 Å². The molecule has 0 aromatic heterocycles. The molecule has 2 aliphatic heterocycles.